The zero-order valence-corrected chi connectivity index (χ0v) is 6.04. The second kappa shape index (κ2) is 2.50. The second-order valence-corrected chi connectivity index (χ2v) is 2.44. The topological polar surface area (TPSA) is 18.5 Å². The molecule has 0 saturated carbocycles. The van der Waals surface area contributed by atoms with Crippen LogP contribution in [0.25, 0.3) is 0 Å². The van der Waals surface area contributed by atoms with Gasteiger partial charge in [-0.1, -0.05) is 30.3 Å². The van der Waals surface area contributed by atoms with Gasteiger partial charge in [0.25, 0.3) is 0 Å². The minimum absolute atomic E-state index is 0.600. The highest BCUT2D eigenvalue weighted by Gasteiger charge is 2.49. The normalized spacial score (nSPS) is 21.8. The van der Waals surface area contributed by atoms with E-state index in [1.807, 2.05) is 0 Å². The number of halogens is 2. The minimum atomic E-state index is -3.40. The molecule has 0 aromatic heterocycles. The predicted octanol–water partition coefficient (Wildman–Crippen LogP) is 2.28. The van der Waals surface area contributed by atoms with Crippen LogP contribution < -0.4 is 0 Å². The number of benzene rings is 1. The Hall–Kier alpha value is -1.00. The quantitative estimate of drug-likeness (QED) is 0.647. The third-order valence-corrected chi connectivity index (χ3v) is 1.56. The van der Waals surface area contributed by atoms with Crippen molar-refractivity contribution in [1.29, 1.82) is 0 Å². The maximum Gasteiger partial charge on any atom is 0.490 e. The minimum Gasteiger partial charge on any atom is -0.261 e. The van der Waals surface area contributed by atoms with Gasteiger partial charge in [0.15, 0.2) is 0 Å². The molecule has 1 fully saturated rings. The first kappa shape index (κ1) is 7.64. The molecule has 0 unspecified atom stereocenters. The highest BCUT2D eigenvalue weighted by Crippen LogP contribution is 2.41. The van der Waals surface area contributed by atoms with Crippen molar-refractivity contribution in [2.75, 3.05) is 0 Å². The van der Waals surface area contributed by atoms with E-state index in [-0.39, 0.29) is 0 Å². The largest absolute Gasteiger partial charge is 0.490 e. The number of hydrogen-bond acceptors (Lipinski definition) is 2. The van der Waals surface area contributed by atoms with E-state index in [0.29, 0.717) is 5.56 Å². The van der Waals surface area contributed by atoms with Gasteiger partial charge in [-0.15, -0.1) is 8.78 Å². The number of alkyl halides is 2. The molecule has 1 aromatic carbocycles. The summed E-state index contributed by atoms with van der Waals surface area (Å²) in [6.45, 7) is 0. The van der Waals surface area contributed by atoms with E-state index < -0.39 is 12.6 Å². The number of rotatable bonds is 1. The SMILES string of the molecule is FC1(F)OC(c2ccccc2)O1. The van der Waals surface area contributed by atoms with Crippen LogP contribution in [0.2, 0.25) is 0 Å². The van der Waals surface area contributed by atoms with Gasteiger partial charge in [0, 0.05) is 5.56 Å². The first-order valence-corrected chi connectivity index (χ1v) is 3.46. The summed E-state index contributed by atoms with van der Waals surface area (Å²) in [5.41, 5.74) is 0.600. The molecule has 0 spiro atoms. The second-order valence-electron chi connectivity index (χ2n) is 2.44. The van der Waals surface area contributed by atoms with Crippen molar-refractivity contribution in [3.63, 3.8) is 0 Å². The van der Waals surface area contributed by atoms with E-state index in [2.05, 4.69) is 9.47 Å². The first-order valence-electron chi connectivity index (χ1n) is 3.46. The lowest BCUT2D eigenvalue weighted by atomic mass is 10.2. The third-order valence-electron chi connectivity index (χ3n) is 1.56. The van der Waals surface area contributed by atoms with Gasteiger partial charge in [-0.05, 0) is 0 Å². The average Bonchev–Trinajstić information content (AvgIpc) is 2.02. The summed E-state index contributed by atoms with van der Waals surface area (Å²) in [6.07, 6.45) is -4.32. The Morgan fingerprint density at radius 2 is 1.67 bits per heavy atom. The van der Waals surface area contributed by atoms with E-state index in [1.165, 1.54) is 0 Å². The Kier molecular flexibility index (Phi) is 1.59. The first-order chi connectivity index (χ1) is 5.67. The van der Waals surface area contributed by atoms with Gasteiger partial charge >= 0.3 is 6.29 Å². The van der Waals surface area contributed by atoms with Crippen LogP contribution in [0.1, 0.15) is 11.9 Å². The molecule has 1 aliphatic heterocycles. The molecule has 1 aliphatic rings. The number of hydrogen-bond donors (Lipinski definition) is 0. The summed E-state index contributed by atoms with van der Waals surface area (Å²) in [4.78, 5) is 0. The van der Waals surface area contributed by atoms with Crippen molar-refractivity contribution in [1.82, 2.24) is 0 Å². The molecule has 12 heavy (non-hydrogen) atoms. The zero-order valence-electron chi connectivity index (χ0n) is 6.04. The van der Waals surface area contributed by atoms with E-state index in [4.69, 9.17) is 0 Å². The van der Waals surface area contributed by atoms with Crippen LogP contribution in [0, 0.1) is 0 Å². The van der Waals surface area contributed by atoms with E-state index >= 15 is 0 Å². The molecule has 1 saturated heterocycles. The smallest absolute Gasteiger partial charge is 0.261 e. The van der Waals surface area contributed by atoms with Crippen molar-refractivity contribution in [3.8, 4) is 0 Å². The Morgan fingerprint density at radius 3 is 2.17 bits per heavy atom. The molecule has 0 bridgehead atoms. The summed E-state index contributed by atoms with van der Waals surface area (Å²) < 4.78 is 32.4. The van der Waals surface area contributed by atoms with Crippen molar-refractivity contribution in [3.05, 3.63) is 35.9 Å². The van der Waals surface area contributed by atoms with Gasteiger partial charge < -0.3 is 0 Å². The Bertz CT molecular complexity index is 266. The van der Waals surface area contributed by atoms with Crippen molar-refractivity contribution in [2.45, 2.75) is 12.6 Å². The van der Waals surface area contributed by atoms with Gasteiger partial charge in [0.2, 0.25) is 6.29 Å². The van der Waals surface area contributed by atoms with Crippen LogP contribution in [-0.2, 0) is 9.47 Å². The molecule has 0 amide bonds. The lowest BCUT2D eigenvalue weighted by molar-refractivity contribution is -0.562. The van der Waals surface area contributed by atoms with Crippen LogP contribution in [-0.4, -0.2) is 6.29 Å². The molecular formula is C8H6F2O2. The van der Waals surface area contributed by atoms with E-state index in [0.717, 1.165) is 0 Å². The lowest BCUT2D eigenvalue weighted by Gasteiger charge is -2.34. The van der Waals surface area contributed by atoms with Crippen LogP contribution in [0.15, 0.2) is 30.3 Å². The van der Waals surface area contributed by atoms with Gasteiger partial charge in [-0.3, -0.25) is 9.47 Å². The highest BCUT2D eigenvalue weighted by atomic mass is 19.3. The van der Waals surface area contributed by atoms with Crippen LogP contribution in [0.4, 0.5) is 8.78 Å². The predicted molar refractivity (Wildman–Crippen MR) is 36.3 cm³/mol. The Labute approximate surface area is 67.7 Å². The summed E-state index contributed by atoms with van der Waals surface area (Å²) in [5.74, 6) is 0. The average molecular weight is 172 g/mol. The van der Waals surface area contributed by atoms with Crippen molar-refractivity contribution >= 4 is 0 Å². The fraction of sp³-hybridized carbons (Fsp3) is 0.250. The molecule has 0 radical (unpaired) electrons. The van der Waals surface area contributed by atoms with Crippen molar-refractivity contribution in [2.24, 2.45) is 0 Å². The fourth-order valence-corrected chi connectivity index (χ4v) is 1.00. The molecule has 2 nitrogen and oxygen atoms in total. The van der Waals surface area contributed by atoms with Crippen molar-refractivity contribution < 1.29 is 18.3 Å². The molecule has 1 heterocycles. The molecule has 1 aromatic rings. The standard InChI is InChI=1S/C8H6F2O2/c9-8(10)11-7(12-8)6-4-2-1-3-5-6/h1-5,7H. The molecule has 2 rings (SSSR count). The fourth-order valence-electron chi connectivity index (χ4n) is 1.00. The monoisotopic (exact) mass is 172 g/mol. The molecule has 64 valence electrons. The summed E-state index contributed by atoms with van der Waals surface area (Å²) >= 11 is 0. The maximum absolute atomic E-state index is 12.0. The van der Waals surface area contributed by atoms with Gasteiger partial charge in [0.1, 0.15) is 0 Å². The van der Waals surface area contributed by atoms with E-state index in [9.17, 15) is 8.78 Å². The maximum atomic E-state index is 12.0. The van der Waals surface area contributed by atoms with Crippen LogP contribution in [0.5, 0.6) is 0 Å². The third kappa shape index (κ3) is 1.31. The van der Waals surface area contributed by atoms with Gasteiger partial charge in [-0.2, -0.15) is 0 Å². The summed E-state index contributed by atoms with van der Waals surface area (Å²) in [5, 5.41) is 0. The van der Waals surface area contributed by atoms with E-state index in [1.54, 1.807) is 30.3 Å². The summed E-state index contributed by atoms with van der Waals surface area (Å²) in [6, 6.07) is 8.59. The molecule has 0 N–H and O–H groups in total. The van der Waals surface area contributed by atoms with Gasteiger partial charge in [0.05, 0.1) is 0 Å². The highest BCUT2D eigenvalue weighted by molar-refractivity contribution is 5.16. The van der Waals surface area contributed by atoms with Crippen LogP contribution in [0.3, 0.4) is 0 Å². The molecule has 4 heteroatoms. The zero-order chi connectivity index (χ0) is 8.60. The summed E-state index contributed by atoms with van der Waals surface area (Å²) in [7, 11) is 0. The Balaban J connectivity index is 2.06. The Morgan fingerprint density at radius 1 is 1.08 bits per heavy atom. The van der Waals surface area contributed by atoms with Gasteiger partial charge in [-0.25, -0.2) is 0 Å². The lowest BCUT2D eigenvalue weighted by Crippen LogP contribution is -2.40. The molecular weight excluding hydrogens is 166 g/mol. The molecule has 0 atom stereocenters. The molecule has 0 aliphatic carbocycles. The van der Waals surface area contributed by atoms with Crippen LogP contribution >= 0.6 is 0 Å². The number of ether oxygens (including phenoxy) is 2.